The molecular formula is C17H12BrN3O5. The fourth-order valence-corrected chi connectivity index (χ4v) is 2.81. The maximum atomic E-state index is 12.4. The molecule has 3 rings (SSSR count). The molecule has 0 saturated heterocycles. The van der Waals surface area contributed by atoms with Crippen LogP contribution in [0.15, 0.2) is 40.9 Å². The Morgan fingerprint density at radius 3 is 2.46 bits per heavy atom. The zero-order chi connectivity index (χ0) is 18.8. The molecule has 4 N–H and O–H groups in total. The van der Waals surface area contributed by atoms with Crippen molar-refractivity contribution in [1.82, 2.24) is 15.3 Å². The highest BCUT2D eigenvalue weighted by atomic mass is 79.9. The number of carbonyl (C=O) groups is 2. The number of hydrogen-bond donors (Lipinski definition) is 4. The van der Waals surface area contributed by atoms with E-state index in [1.807, 2.05) is 0 Å². The molecule has 0 aliphatic carbocycles. The zero-order valence-electron chi connectivity index (χ0n) is 13.1. The number of fused-ring (bicyclic) bond motifs is 1. The van der Waals surface area contributed by atoms with E-state index in [0.29, 0.717) is 5.56 Å². The summed E-state index contributed by atoms with van der Waals surface area (Å²) in [6.45, 7) is -0.622. The summed E-state index contributed by atoms with van der Waals surface area (Å²) in [6, 6.07) is 10.1. The molecule has 26 heavy (non-hydrogen) atoms. The van der Waals surface area contributed by atoms with Gasteiger partial charge in [-0.3, -0.25) is 9.59 Å². The number of aromatic hydroxyl groups is 2. The Morgan fingerprint density at radius 1 is 1.12 bits per heavy atom. The van der Waals surface area contributed by atoms with Crippen LogP contribution in [0.1, 0.15) is 10.4 Å². The molecule has 0 saturated carbocycles. The summed E-state index contributed by atoms with van der Waals surface area (Å²) in [5.74, 6) is -2.79. The van der Waals surface area contributed by atoms with Crippen molar-refractivity contribution in [1.29, 1.82) is 0 Å². The number of phenols is 1. The van der Waals surface area contributed by atoms with E-state index in [9.17, 15) is 19.8 Å². The summed E-state index contributed by atoms with van der Waals surface area (Å²) >= 11 is 3.11. The second kappa shape index (κ2) is 6.96. The van der Waals surface area contributed by atoms with Crippen molar-refractivity contribution in [3.63, 3.8) is 0 Å². The van der Waals surface area contributed by atoms with Crippen molar-refractivity contribution in [2.75, 3.05) is 6.54 Å². The normalized spacial score (nSPS) is 10.7. The van der Waals surface area contributed by atoms with Gasteiger partial charge in [0.2, 0.25) is 5.88 Å². The zero-order valence-corrected chi connectivity index (χ0v) is 14.7. The van der Waals surface area contributed by atoms with Crippen LogP contribution in [0, 0.1) is 0 Å². The van der Waals surface area contributed by atoms with E-state index >= 15 is 0 Å². The van der Waals surface area contributed by atoms with Crippen molar-refractivity contribution in [3.05, 3.63) is 46.4 Å². The van der Waals surface area contributed by atoms with Crippen molar-refractivity contribution in [2.45, 2.75) is 0 Å². The van der Waals surface area contributed by atoms with E-state index < -0.39 is 24.2 Å². The van der Waals surface area contributed by atoms with Crippen LogP contribution in [0.2, 0.25) is 0 Å². The SMILES string of the molecule is O=C(O)CNC(=O)c1c(O)c(Br)cc2nc(O)c(-c3ccccc3)nc12. The number of amides is 1. The minimum atomic E-state index is -1.23. The van der Waals surface area contributed by atoms with Gasteiger partial charge in [0.1, 0.15) is 29.1 Å². The first kappa shape index (κ1) is 17.6. The Hall–Kier alpha value is -3.20. The van der Waals surface area contributed by atoms with Gasteiger partial charge in [-0.2, -0.15) is 0 Å². The molecule has 0 aliphatic heterocycles. The van der Waals surface area contributed by atoms with Crippen LogP contribution in [0.3, 0.4) is 0 Å². The number of aromatic nitrogens is 2. The monoisotopic (exact) mass is 417 g/mol. The number of carbonyl (C=O) groups excluding carboxylic acids is 1. The Morgan fingerprint density at radius 2 is 1.81 bits per heavy atom. The molecule has 0 spiro atoms. The van der Waals surface area contributed by atoms with Gasteiger partial charge in [-0.15, -0.1) is 0 Å². The highest BCUT2D eigenvalue weighted by Gasteiger charge is 2.22. The van der Waals surface area contributed by atoms with Crippen LogP contribution in [0.4, 0.5) is 0 Å². The standard InChI is InChI=1S/C17H12BrN3O5/c18-9-6-10-14(12(15(9)24)16(25)19-7-11(22)23)21-13(17(26)20-10)8-4-2-1-3-5-8/h1-6,24H,7H2,(H,19,25)(H,20,26)(H,22,23). The molecule has 8 nitrogen and oxygen atoms in total. The summed E-state index contributed by atoms with van der Waals surface area (Å²) in [6.07, 6.45) is 0. The first-order valence-corrected chi connectivity index (χ1v) is 8.15. The van der Waals surface area contributed by atoms with Crippen molar-refractivity contribution >= 4 is 38.8 Å². The van der Waals surface area contributed by atoms with Crippen LogP contribution < -0.4 is 5.32 Å². The van der Waals surface area contributed by atoms with Crippen molar-refractivity contribution in [2.24, 2.45) is 0 Å². The Balaban J connectivity index is 2.23. The lowest BCUT2D eigenvalue weighted by atomic mass is 10.1. The third-order valence-electron chi connectivity index (χ3n) is 3.54. The highest BCUT2D eigenvalue weighted by molar-refractivity contribution is 9.10. The molecule has 1 heterocycles. The van der Waals surface area contributed by atoms with Crippen molar-refractivity contribution in [3.8, 4) is 22.9 Å². The average molecular weight is 418 g/mol. The number of halogens is 1. The molecule has 2 aromatic carbocycles. The topological polar surface area (TPSA) is 133 Å². The van der Waals surface area contributed by atoms with Crippen LogP contribution in [-0.2, 0) is 4.79 Å². The van der Waals surface area contributed by atoms with Crippen LogP contribution in [0.25, 0.3) is 22.3 Å². The van der Waals surface area contributed by atoms with E-state index in [-0.39, 0.29) is 32.6 Å². The number of rotatable bonds is 4. The molecule has 0 fully saturated rings. The fraction of sp³-hybridized carbons (Fsp3) is 0.0588. The molecule has 0 bridgehead atoms. The molecule has 3 aromatic rings. The number of carboxylic acids is 1. The molecular weight excluding hydrogens is 406 g/mol. The van der Waals surface area contributed by atoms with Gasteiger partial charge in [0.15, 0.2) is 0 Å². The second-order valence-corrected chi connectivity index (χ2v) is 6.14. The van der Waals surface area contributed by atoms with Gasteiger partial charge in [-0.1, -0.05) is 30.3 Å². The molecule has 0 unspecified atom stereocenters. The quantitative estimate of drug-likeness (QED) is 0.511. The van der Waals surface area contributed by atoms with Crippen LogP contribution in [-0.4, -0.2) is 43.7 Å². The molecule has 0 atom stereocenters. The molecule has 0 aliphatic rings. The third-order valence-corrected chi connectivity index (χ3v) is 4.15. The van der Waals surface area contributed by atoms with Gasteiger partial charge in [0, 0.05) is 5.56 Å². The van der Waals surface area contributed by atoms with Gasteiger partial charge in [-0.05, 0) is 22.0 Å². The third kappa shape index (κ3) is 3.29. The molecule has 132 valence electrons. The van der Waals surface area contributed by atoms with Gasteiger partial charge < -0.3 is 20.6 Å². The van der Waals surface area contributed by atoms with Gasteiger partial charge in [0.05, 0.1) is 9.99 Å². The highest BCUT2D eigenvalue weighted by Crippen LogP contribution is 2.36. The second-order valence-electron chi connectivity index (χ2n) is 5.29. The minimum absolute atomic E-state index is 0.0326. The van der Waals surface area contributed by atoms with E-state index in [2.05, 4.69) is 31.2 Å². The lowest BCUT2D eigenvalue weighted by Gasteiger charge is -2.12. The number of aliphatic carboxylic acids is 1. The maximum absolute atomic E-state index is 12.4. The lowest BCUT2D eigenvalue weighted by molar-refractivity contribution is -0.135. The number of nitrogens with zero attached hydrogens (tertiary/aromatic N) is 2. The molecule has 1 amide bonds. The first-order chi connectivity index (χ1) is 12.4. The minimum Gasteiger partial charge on any atom is -0.506 e. The lowest BCUT2D eigenvalue weighted by Crippen LogP contribution is -2.29. The summed E-state index contributed by atoms with van der Waals surface area (Å²) in [5.41, 5.74) is 0.656. The van der Waals surface area contributed by atoms with Gasteiger partial charge in [0.25, 0.3) is 5.91 Å². The molecule has 0 radical (unpaired) electrons. The van der Waals surface area contributed by atoms with Crippen LogP contribution >= 0.6 is 15.9 Å². The predicted molar refractivity (Wildman–Crippen MR) is 96.0 cm³/mol. The summed E-state index contributed by atoms with van der Waals surface area (Å²) in [4.78, 5) is 31.4. The van der Waals surface area contributed by atoms with E-state index in [4.69, 9.17) is 5.11 Å². The summed E-state index contributed by atoms with van der Waals surface area (Å²) in [7, 11) is 0. The Bertz CT molecular complexity index is 1020. The molecule has 9 heteroatoms. The van der Waals surface area contributed by atoms with Crippen molar-refractivity contribution < 1.29 is 24.9 Å². The largest absolute Gasteiger partial charge is 0.506 e. The first-order valence-electron chi connectivity index (χ1n) is 7.36. The number of benzene rings is 2. The number of phenolic OH excluding ortho intramolecular Hbond substituents is 1. The number of carboxylic acid groups (broad SMARTS) is 1. The predicted octanol–water partition coefficient (Wildman–Crippen LogP) is 2.28. The van der Waals surface area contributed by atoms with Gasteiger partial charge >= 0.3 is 5.97 Å². The fourth-order valence-electron chi connectivity index (χ4n) is 2.39. The van der Waals surface area contributed by atoms with Crippen LogP contribution in [0.5, 0.6) is 11.6 Å². The Kier molecular flexibility index (Phi) is 4.72. The van der Waals surface area contributed by atoms with Gasteiger partial charge in [-0.25, -0.2) is 9.97 Å². The number of nitrogens with one attached hydrogen (secondary N) is 1. The maximum Gasteiger partial charge on any atom is 0.322 e. The summed E-state index contributed by atoms with van der Waals surface area (Å²) < 4.78 is 0.159. The summed E-state index contributed by atoms with van der Waals surface area (Å²) in [5, 5.41) is 31.4. The van der Waals surface area contributed by atoms with E-state index in [1.165, 1.54) is 6.07 Å². The Labute approximate surface area is 155 Å². The number of hydrogen-bond acceptors (Lipinski definition) is 6. The average Bonchev–Trinajstić information content (AvgIpc) is 2.61. The van der Waals surface area contributed by atoms with E-state index in [0.717, 1.165) is 0 Å². The molecule has 1 aromatic heterocycles. The van der Waals surface area contributed by atoms with E-state index in [1.54, 1.807) is 30.3 Å². The smallest absolute Gasteiger partial charge is 0.322 e.